The van der Waals surface area contributed by atoms with Crippen molar-refractivity contribution in [3.05, 3.63) is 53.7 Å². The van der Waals surface area contributed by atoms with Gasteiger partial charge in [-0.25, -0.2) is 13.8 Å². The lowest BCUT2D eigenvalue weighted by Gasteiger charge is -2.38. The Labute approximate surface area is 211 Å². The van der Waals surface area contributed by atoms with Crippen molar-refractivity contribution in [2.75, 3.05) is 18.4 Å². The zero-order valence-electron chi connectivity index (χ0n) is 20.2. The van der Waals surface area contributed by atoms with Crippen LogP contribution in [-0.2, 0) is 11.3 Å². The van der Waals surface area contributed by atoms with Crippen LogP contribution in [0.3, 0.4) is 0 Å². The molecule has 1 saturated carbocycles. The van der Waals surface area contributed by atoms with Crippen LogP contribution in [0.4, 0.5) is 14.5 Å². The van der Waals surface area contributed by atoms with Crippen LogP contribution in [0.5, 0.6) is 5.75 Å². The summed E-state index contributed by atoms with van der Waals surface area (Å²) in [6.07, 6.45) is 1.91. The van der Waals surface area contributed by atoms with Crippen LogP contribution < -0.4 is 15.8 Å². The summed E-state index contributed by atoms with van der Waals surface area (Å²) in [7, 11) is 0. The molecule has 1 aliphatic heterocycles. The third kappa shape index (κ3) is 5.43. The second-order valence-corrected chi connectivity index (χ2v) is 9.33. The van der Waals surface area contributed by atoms with Crippen molar-refractivity contribution in [3.63, 3.8) is 0 Å². The number of rotatable bonds is 7. The number of halogens is 2. The minimum absolute atomic E-state index is 0.00633. The number of hydrogen-bond donors (Lipinski definition) is 3. The molecule has 5 rings (SSSR count). The Morgan fingerprint density at radius 1 is 1.24 bits per heavy atom. The first kappa shape index (κ1) is 24.8. The fourth-order valence-electron chi connectivity index (χ4n) is 4.25. The van der Waals surface area contributed by atoms with Gasteiger partial charge in [0.05, 0.1) is 12.2 Å². The average Bonchev–Trinajstić information content (AvgIpc) is 3.65. The first-order valence-corrected chi connectivity index (χ1v) is 12.1. The number of amides is 2. The van der Waals surface area contributed by atoms with Gasteiger partial charge in [0.1, 0.15) is 11.6 Å². The highest BCUT2D eigenvalue weighted by atomic mass is 19.3. The van der Waals surface area contributed by atoms with Gasteiger partial charge in [0.15, 0.2) is 6.10 Å². The summed E-state index contributed by atoms with van der Waals surface area (Å²) in [5, 5.41) is 9.14. The molecular weight excluding hydrogens is 484 g/mol. The molecule has 1 aromatic carbocycles. The Hall–Kier alpha value is -3.93. The van der Waals surface area contributed by atoms with Crippen LogP contribution in [0.25, 0.3) is 11.3 Å². The summed E-state index contributed by atoms with van der Waals surface area (Å²) in [6, 6.07) is 8.53. The number of aromatic amines is 1. The molecule has 2 aromatic heterocycles. The molecule has 194 valence electrons. The summed E-state index contributed by atoms with van der Waals surface area (Å²) in [5.74, 6) is -3.31. The number of alkyl halides is 2. The molecule has 1 saturated heterocycles. The number of anilines is 1. The van der Waals surface area contributed by atoms with Crippen LogP contribution in [0.2, 0.25) is 0 Å². The predicted molar refractivity (Wildman–Crippen MR) is 130 cm³/mol. The van der Waals surface area contributed by atoms with Crippen molar-refractivity contribution in [1.82, 2.24) is 25.1 Å². The Kier molecular flexibility index (Phi) is 6.59. The topological polar surface area (TPSA) is 139 Å². The van der Waals surface area contributed by atoms with Gasteiger partial charge in [0.2, 0.25) is 11.7 Å². The summed E-state index contributed by atoms with van der Waals surface area (Å²) >= 11 is 0. The standard InChI is InChI=1S/C25H27F2N7O3/c1-14-30-22(33-32-14)24(36)34-9-7-21(25(26,27)13-34)37-20-5-4-16(10-17(20)12-28)19-11-18(6-8-29-19)31-23(35)15-2-3-15/h4-6,8,10-11,15,21H,2-3,7,9,12-13,28H2,1H3,(H,29,31,35)(H,30,32,33)/t21-/m0/s1. The van der Waals surface area contributed by atoms with Gasteiger partial charge in [-0.3, -0.25) is 19.7 Å². The number of pyridine rings is 1. The van der Waals surface area contributed by atoms with Gasteiger partial charge in [-0.2, -0.15) is 5.10 Å². The number of ether oxygens (including phenoxy) is 1. The Morgan fingerprint density at radius 2 is 2.05 bits per heavy atom. The van der Waals surface area contributed by atoms with Crippen LogP contribution in [0, 0.1) is 12.8 Å². The number of carbonyl (C=O) groups is 2. The molecular formula is C25H27F2N7O3. The number of benzene rings is 1. The van der Waals surface area contributed by atoms with Crippen molar-refractivity contribution >= 4 is 17.5 Å². The summed E-state index contributed by atoms with van der Waals surface area (Å²) in [4.78, 5) is 34.0. The number of aromatic nitrogens is 4. The molecule has 1 aliphatic carbocycles. The summed E-state index contributed by atoms with van der Waals surface area (Å²) in [5.41, 5.74) is 8.42. The van der Waals surface area contributed by atoms with E-state index in [1.165, 1.54) is 0 Å². The highest BCUT2D eigenvalue weighted by Gasteiger charge is 2.48. The number of aryl methyl sites for hydroxylation is 1. The summed E-state index contributed by atoms with van der Waals surface area (Å²) < 4.78 is 35.8. The van der Waals surface area contributed by atoms with E-state index in [9.17, 15) is 9.59 Å². The van der Waals surface area contributed by atoms with Crippen LogP contribution >= 0.6 is 0 Å². The van der Waals surface area contributed by atoms with Gasteiger partial charge in [-0.1, -0.05) is 0 Å². The molecule has 0 radical (unpaired) electrons. The van der Waals surface area contributed by atoms with Crippen molar-refractivity contribution in [1.29, 1.82) is 0 Å². The van der Waals surface area contributed by atoms with E-state index in [2.05, 4.69) is 25.5 Å². The Balaban J connectivity index is 1.28. The third-order valence-electron chi connectivity index (χ3n) is 6.44. The van der Waals surface area contributed by atoms with Crippen molar-refractivity contribution < 1.29 is 23.1 Å². The molecule has 4 N–H and O–H groups in total. The number of hydrogen-bond acceptors (Lipinski definition) is 7. The molecule has 2 fully saturated rings. The van der Waals surface area contributed by atoms with Gasteiger partial charge in [0.25, 0.3) is 5.91 Å². The zero-order valence-corrected chi connectivity index (χ0v) is 20.2. The lowest BCUT2D eigenvalue weighted by molar-refractivity contribution is -0.132. The van der Waals surface area contributed by atoms with E-state index in [-0.39, 0.29) is 42.9 Å². The van der Waals surface area contributed by atoms with Gasteiger partial charge >= 0.3 is 5.92 Å². The summed E-state index contributed by atoms with van der Waals surface area (Å²) in [6.45, 7) is 0.949. The molecule has 2 aliphatic rings. The second kappa shape index (κ2) is 9.85. The zero-order chi connectivity index (χ0) is 26.2. The van der Waals surface area contributed by atoms with Gasteiger partial charge in [-0.05, 0) is 50.1 Å². The monoisotopic (exact) mass is 511 g/mol. The van der Waals surface area contributed by atoms with E-state index in [0.717, 1.165) is 17.7 Å². The van der Waals surface area contributed by atoms with E-state index in [1.807, 2.05) is 0 Å². The van der Waals surface area contributed by atoms with E-state index in [0.29, 0.717) is 28.3 Å². The maximum absolute atomic E-state index is 15.0. The largest absolute Gasteiger partial charge is 0.484 e. The highest BCUT2D eigenvalue weighted by molar-refractivity contribution is 5.94. The fourth-order valence-corrected chi connectivity index (χ4v) is 4.25. The Morgan fingerprint density at radius 3 is 2.73 bits per heavy atom. The smallest absolute Gasteiger partial charge is 0.301 e. The number of nitrogens with one attached hydrogen (secondary N) is 2. The molecule has 2 amide bonds. The molecule has 3 heterocycles. The van der Waals surface area contributed by atoms with E-state index in [4.69, 9.17) is 10.5 Å². The second-order valence-electron chi connectivity index (χ2n) is 9.33. The van der Waals surface area contributed by atoms with E-state index >= 15 is 8.78 Å². The fraction of sp³-hybridized carbons (Fsp3) is 0.400. The van der Waals surface area contributed by atoms with Crippen molar-refractivity contribution in [2.45, 2.75) is 44.8 Å². The minimum atomic E-state index is -3.29. The number of nitrogens with zero attached hydrogens (tertiary/aromatic N) is 4. The van der Waals surface area contributed by atoms with E-state index < -0.39 is 24.5 Å². The molecule has 37 heavy (non-hydrogen) atoms. The first-order valence-electron chi connectivity index (χ1n) is 12.1. The number of piperidine rings is 1. The molecule has 3 aromatic rings. The van der Waals surface area contributed by atoms with E-state index in [1.54, 1.807) is 43.5 Å². The number of carbonyl (C=O) groups excluding carboxylic acids is 2. The lowest BCUT2D eigenvalue weighted by Crippen LogP contribution is -2.55. The first-order chi connectivity index (χ1) is 17.7. The molecule has 0 spiro atoms. The maximum atomic E-state index is 15.0. The molecule has 0 unspecified atom stereocenters. The minimum Gasteiger partial charge on any atom is -0.484 e. The third-order valence-corrected chi connectivity index (χ3v) is 6.44. The highest BCUT2D eigenvalue weighted by Crippen LogP contribution is 2.35. The molecule has 1 atom stereocenters. The average molecular weight is 512 g/mol. The number of likely N-dealkylation sites (tertiary alicyclic amines) is 1. The van der Waals surface area contributed by atoms with Gasteiger partial charge in [0, 0.05) is 48.4 Å². The normalized spacial score (nSPS) is 18.9. The van der Waals surface area contributed by atoms with Crippen LogP contribution in [0.15, 0.2) is 36.5 Å². The predicted octanol–water partition coefficient (Wildman–Crippen LogP) is 2.91. The van der Waals surface area contributed by atoms with Crippen molar-refractivity contribution in [2.24, 2.45) is 11.7 Å². The van der Waals surface area contributed by atoms with Crippen LogP contribution in [0.1, 0.15) is 41.3 Å². The maximum Gasteiger partial charge on any atom is 0.301 e. The quantitative estimate of drug-likeness (QED) is 0.443. The van der Waals surface area contributed by atoms with Gasteiger partial charge < -0.3 is 20.7 Å². The number of H-pyrrole nitrogens is 1. The molecule has 12 heteroatoms. The van der Waals surface area contributed by atoms with Gasteiger partial charge in [-0.15, -0.1) is 0 Å². The molecule has 0 bridgehead atoms. The molecule has 10 nitrogen and oxygen atoms in total. The van der Waals surface area contributed by atoms with Crippen LogP contribution in [-0.4, -0.2) is 62.0 Å². The lowest BCUT2D eigenvalue weighted by atomic mass is 10.0. The Bertz CT molecular complexity index is 1330. The number of nitrogens with two attached hydrogens (primary N) is 1. The SMILES string of the molecule is Cc1n[nH]c(C(=O)N2CC[C@H](Oc3ccc(-c4cc(NC(=O)C5CC5)ccn4)cc3CN)C(F)(F)C2)n1. The van der Waals surface area contributed by atoms with Crippen molar-refractivity contribution in [3.8, 4) is 17.0 Å².